The fraction of sp³-hybridized carbons (Fsp3) is 0.127. The van der Waals surface area contributed by atoms with Crippen molar-refractivity contribution in [1.82, 2.24) is 0 Å². The van der Waals surface area contributed by atoms with E-state index in [0.29, 0.717) is 0 Å². The molecule has 0 saturated heterocycles. The second-order valence-corrected chi connectivity index (χ2v) is 16.9. The van der Waals surface area contributed by atoms with E-state index in [9.17, 15) is 0 Å². The van der Waals surface area contributed by atoms with Crippen molar-refractivity contribution in [2.45, 2.75) is 43.9 Å². The van der Waals surface area contributed by atoms with Gasteiger partial charge in [0.1, 0.15) is 0 Å². The summed E-state index contributed by atoms with van der Waals surface area (Å²) in [5.41, 5.74) is 21.3. The summed E-state index contributed by atoms with van der Waals surface area (Å²) >= 11 is 0. The second kappa shape index (κ2) is 11.8. The Labute approximate surface area is 330 Å². The minimum atomic E-state index is -0.494. The van der Waals surface area contributed by atoms with Gasteiger partial charge in [0.2, 0.25) is 0 Å². The van der Waals surface area contributed by atoms with Gasteiger partial charge in [-0.1, -0.05) is 185 Å². The molecule has 0 radical (unpaired) electrons. The van der Waals surface area contributed by atoms with E-state index in [1.807, 2.05) is 0 Å². The molecule has 3 aliphatic carbocycles. The van der Waals surface area contributed by atoms with Gasteiger partial charge in [0.15, 0.2) is 0 Å². The minimum absolute atomic E-state index is 0.127. The largest absolute Gasteiger partial charge is 0.310 e. The molecular weight excluding hydrogens is 675 g/mol. The Kier molecular flexibility index (Phi) is 6.93. The maximum atomic E-state index is 2.56. The van der Waals surface area contributed by atoms with Gasteiger partial charge in [-0.15, -0.1) is 0 Å². The number of hydrogen-bond donors (Lipinski definition) is 0. The van der Waals surface area contributed by atoms with E-state index in [4.69, 9.17) is 0 Å². The number of hydrogen-bond acceptors (Lipinski definition) is 1. The predicted octanol–water partition coefficient (Wildman–Crippen LogP) is 14.1. The fourth-order valence-corrected chi connectivity index (χ4v) is 10.9. The molecule has 0 spiro atoms. The van der Waals surface area contributed by atoms with Gasteiger partial charge in [-0.05, 0) is 108 Å². The van der Waals surface area contributed by atoms with E-state index in [1.54, 1.807) is 0 Å². The Morgan fingerprint density at radius 2 is 0.786 bits per heavy atom. The normalized spacial score (nSPS) is 15.6. The van der Waals surface area contributed by atoms with Crippen LogP contribution in [-0.2, 0) is 16.2 Å². The molecule has 0 bridgehead atoms. The van der Waals surface area contributed by atoms with E-state index >= 15 is 0 Å². The molecule has 0 atom stereocenters. The SMILES string of the molecule is CC1(C)c2ccccc2-c2ccc(N(c3cccc(C4(c5ccccc5)c5ccccc5-c5ccccc54)c3)c3cccc4c3C(C)(C)c3ccccc3-4)cc21. The van der Waals surface area contributed by atoms with Crippen LogP contribution in [0.15, 0.2) is 188 Å². The first kappa shape index (κ1) is 32.9. The Hall–Kier alpha value is -6.44. The molecule has 0 aromatic heterocycles. The maximum absolute atomic E-state index is 2.56. The molecular formula is C55H43N. The van der Waals surface area contributed by atoms with Crippen molar-refractivity contribution in [3.63, 3.8) is 0 Å². The van der Waals surface area contributed by atoms with Gasteiger partial charge >= 0.3 is 0 Å². The van der Waals surface area contributed by atoms with Crippen molar-refractivity contribution in [3.8, 4) is 33.4 Å². The van der Waals surface area contributed by atoms with Gasteiger partial charge in [0.05, 0.1) is 11.1 Å². The van der Waals surface area contributed by atoms with Gasteiger partial charge < -0.3 is 4.90 Å². The lowest BCUT2D eigenvalue weighted by Gasteiger charge is -2.36. The highest BCUT2D eigenvalue weighted by Gasteiger charge is 2.46. The van der Waals surface area contributed by atoms with Gasteiger partial charge in [-0.25, -0.2) is 0 Å². The van der Waals surface area contributed by atoms with Crippen LogP contribution in [0.4, 0.5) is 17.1 Å². The molecule has 3 aliphatic rings. The highest BCUT2D eigenvalue weighted by atomic mass is 15.1. The summed E-state index contributed by atoms with van der Waals surface area (Å²) in [5.74, 6) is 0. The molecule has 8 aromatic rings. The Morgan fingerprint density at radius 1 is 0.321 bits per heavy atom. The Balaban J connectivity index is 1.19. The number of nitrogens with zero attached hydrogens (tertiary/aromatic N) is 1. The first-order chi connectivity index (χ1) is 27.3. The summed E-state index contributed by atoms with van der Waals surface area (Å²) in [5, 5.41) is 0. The van der Waals surface area contributed by atoms with Crippen LogP contribution in [0.2, 0.25) is 0 Å². The lowest BCUT2D eigenvalue weighted by atomic mass is 9.67. The molecule has 0 amide bonds. The van der Waals surface area contributed by atoms with Crippen LogP contribution in [0.25, 0.3) is 33.4 Å². The zero-order chi connectivity index (χ0) is 37.8. The average molecular weight is 718 g/mol. The van der Waals surface area contributed by atoms with E-state index < -0.39 is 5.41 Å². The summed E-state index contributed by atoms with van der Waals surface area (Å²) in [4.78, 5) is 2.56. The monoisotopic (exact) mass is 717 g/mol. The fourth-order valence-electron chi connectivity index (χ4n) is 10.9. The van der Waals surface area contributed by atoms with Gasteiger partial charge in [0, 0.05) is 22.2 Å². The Bertz CT molecular complexity index is 2830. The molecule has 0 heterocycles. The van der Waals surface area contributed by atoms with Crippen LogP contribution in [0.5, 0.6) is 0 Å². The van der Waals surface area contributed by atoms with E-state index in [0.717, 1.165) is 5.69 Å². The molecule has 0 saturated carbocycles. The van der Waals surface area contributed by atoms with Gasteiger partial charge in [0.25, 0.3) is 0 Å². The molecule has 0 fully saturated rings. The molecule has 8 aromatic carbocycles. The van der Waals surface area contributed by atoms with Crippen molar-refractivity contribution in [2.24, 2.45) is 0 Å². The topological polar surface area (TPSA) is 3.24 Å². The molecule has 0 N–H and O–H groups in total. The number of rotatable bonds is 5. The lowest BCUT2D eigenvalue weighted by Crippen LogP contribution is -2.29. The summed E-state index contributed by atoms with van der Waals surface area (Å²) in [6, 6.07) is 70.7. The van der Waals surface area contributed by atoms with Crippen LogP contribution in [0, 0.1) is 0 Å². The molecule has 1 nitrogen and oxygen atoms in total. The summed E-state index contributed by atoms with van der Waals surface area (Å²) in [6.45, 7) is 9.56. The Morgan fingerprint density at radius 3 is 1.45 bits per heavy atom. The summed E-state index contributed by atoms with van der Waals surface area (Å²) in [7, 11) is 0. The highest BCUT2D eigenvalue weighted by molar-refractivity contribution is 5.93. The smallest absolute Gasteiger partial charge is 0.0714 e. The van der Waals surface area contributed by atoms with Crippen molar-refractivity contribution >= 4 is 17.1 Å². The van der Waals surface area contributed by atoms with Crippen molar-refractivity contribution < 1.29 is 0 Å². The van der Waals surface area contributed by atoms with Gasteiger partial charge in [-0.3, -0.25) is 0 Å². The summed E-state index contributed by atoms with van der Waals surface area (Å²) in [6.07, 6.45) is 0. The molecule has 56 heavy (non-hydrogen) atoms. The van der Waals surface area contributed by atoms with E-state index in [-0.39, 0.29) is 10.8 Å². The zero-order valence-corrected chi connectivity index (χ0v) is 32.3. The third-order valence-electron chi connectivity index (χ3n) is 13.3. The summed E-state index contributed by atoms with van der Waals surface area (Å²) < 4.78 is 0. The van der Waals surface area contributed by atoms with Crippen molar-refractivity contribution in [3.05, 3.63) is 233 Å². The van der Waals surface area contributed by atoms with E-state index in [2.05, 4.69) is 221 Å². The zero-order valence-electron chi connectivity index (χ0n) is 32.3. The molecule has 1 heteroatoms. The van der Waals surface area contributed by atoms with Crippen LogP contribution in [0.1, 0.15) is 72.2 Å². The lowest BCUT2D eigenvalue weighted by molar-refractivity contribution is 0.658. The molecule has 11 rings (SSSR count). The molecule has 0 unspecified atom stereocenters. The number of benzene rings is 8. The van der Waals surface area contributed by atoms with Crippen molar-refractivity contribution in [1.29, 1.82) is 0 Å². The maximum Gasteiger partial charge on any atom is 0.0714 e. The highest BCUT2D eigenvalue weighted by Crippen LogP contribution is 2.59. The number of fused-ring (bicyclic) bond motifs is 9. The van der Waals surface area contributed by atoms with E-state index in [1.165, 1.54) is 89.3 Å². The van der Waals surface area contributed by atoms with Crippen LogP contribution < -0.4 is 4.90 Å². The van der Waals surface area contributed by atoms with Crippen molar-refractivity contribution in [2.75, 3.05) is 4.90 Å². The van der Waals surface area contributed by atoms with Crippen LogP contribution in [0.3, 0.4) is 0 Å². The molecule has 0 aliphatic heterocycles. The minimum Gasteiger partial charge on any atom is -0.310 e. The number of anilines is 3. The second-order valence-electron chi connectivity index (χ2n) is 16.9. The van der Waals surface area contributed by atoms with Crippen LogP contribution >= 0.6 is 0 Å². The quantitative estimate of drug-likeness (QED) is 0.171. The van der Waals surface area contributed by atoms with Crippen LogP contribution in [-0.4, -0.2) is 0 Å². The first-order valence-corrected chi connectivity index (χ1v) is 19.9. The van der Waals surface area contributed by atoms with Gasteiger partial charge in [-0.2, -0.15) is 0 Å². The molecule has 268 valence electrons. The predicted molar refractivity (Wildman–Crippen MR) is 234 cm³/mol. The third kappa shape index (κ3) is 4.32. The first-order valence-electron chi connectivity index (χ1n) is 19.9. The standard InChI is InChI=1S/C55H43N/c1-53(2)46-27-12-8-22-40(46)44-33-32-39(35-50(44)53)56(51-31-17-26-45-43-25-9-13-28-47(43)54(3,4)52(45)51)38-21-16-20-37(34-38)55(36-18-6-5-7-19-36)48-29-14-10-23-41(48)42-24-11-15-30-49(42)55/h5-35H,1-4H3. The third-order valence-corrected chi connectivity index (χ3v) is 13.3. The average Bonchev–Trinajstić information content (AvgIpc) is 3.77.